The van der Waals surface area contributed by atoms with Gasteiger partial charge in [-0.15, -0.1) is 0 Å². The molecule has 1 aromatic heterocycles. The normalized spacial score (nSPS) is 17.2. The van der Waals surface area contributed by atoms with Crippen LogP contribution in [0.1, 0.15) is 5.56 Å². The van der Waals surface area contributed by atoms with E-state index in [-0.39, 0.29) is 17.6 Å². The van der Waals surface area contributed by atoms with Crippen molar-refractivity contribution in [1.82, 2.24) is 4.98 Å². The minimum Gasteiger partial charge on any atom is -0.491 e. The molecule has 0 aliphatic carbocycles. The Bertz CT molecular complexity index is 884. The molecule has 1 atom stereocenters. The van der Waals surface area contributed by atoms with E-state index in [1.807, 2.05) is 0 Å². The van der Waals surface area contributed by atoms with Crippen molar-refractivity contribution in [2.75, 3.05) is 13.2 Å². The Morgan fingerprint density at radius 1 is 1.17 bits per heavy atom. The van der Waals surface area contributed by atoms with Gasteiger partial charge in [0, 0.05) is 11.6 Å². The van der Waals surface area contributed by atoms with Gasteiger partial charge in [0.2, 0.25) is 5.89 Å². The second-order valence-corrected chi connectivity index (χ2v) is 5.49. The molecule has 4 nitrogen and oxygen atoms in total. The Kier molecular flexibility index (Phi) is 3.45. The molecule has 0 spiro atoms. The highest BCUT2D eigenvalue weighted by molar-refractivity contribution is 5.77. The van der Waals surface area contributed by atoms with Crippen molar-refractivity contribution >= 4 is 11.1 Å². The molecule has 0 radical (unpaired) electrons. The van der Waals surface area contributed by atoms with Crippen LogP contribution >= 0.6 is 0 Å². The summed E-state index contributed by atoms with van der Waals surface area (Å²) in [5, 5.41) is 0. The molecular weight excluding hydrogens is 323 g/mol. The number of alkyl halides is 3. The summed E-state index contributed by atoms with van der Waals surface area (Å²) in [5.74, 6) is 0.751. The first-order chi connectivity index (χ1) is 11.5. The highest BCUT2D eigenvalue weighted by Crippen LogP contribution is 2.33. The lowest BCUT2D eigenvalue weighted by Crippen LogP contribution is -2.04. The first-order valence-electron chi connectivity index (χ1n) is 7.32. The molecule has 0 saturated carbocycles. The third kappa shape index (κ3) is 3.07. The minimum atomic E-state index is -4.41. The van der Waals surface area contributed by atoms with Crippen molar-refractivity contribution in [1.29, 1.82) is 0 Å². The lowest BCUT2D eigenvalue weighted by molar-refractivity contribution is -0.137. The number of nitrogens with zero attached hydrogens (tertiary/aromatic N) is 1. The zero-order chi connectivity index (χ0) is 16.7. The maximum Gasteiger partial charge on any atom is 0.416 e. The number of hydrogen-bond acceptors (Lipinski definition) is 4. The molecule has 0 N–H and O–H groups in total. The monoisotopic (exact) mass is 335 g/mol. The molecule has 1 saturated heterocycles. The zero-order valence-corrected chi connectivity index (χ0v) is 12.3. The summed E-state index contributed by atoms with van der Waals surface area (Å²) in [6.07, 6.45) is -4.27. The summed E-state index contributed by atoms with van der Waals surface area (Å²) in [7, 11) is 0. The van der Waals surface area contributed by atoms with E-state index in [4.69, 9.17) is 13.9 Å². The first kappa shape index (κ1) is 15.0. The highest BCUT2D eigenvalue weighted by Gasteiger charge is 2.30. The van der Waals surface area contributed by atoms with Crippen LogP contribution in [0, 0.1) is 0 Å². The number of oxazole rings is 1. The Balaban J connectivity index is 1.64. The summed E-state index contributed by atoms with van der Waals surface area (Å²) in [6.45, 7) is 1.16. The van der Waals surface area contributed by atoms with Crippen molar-refractivity contribution in [3.8, 4) is 17.2 Å². The fourth-order valence-electron chi connectivity index (χ4n) is 2.30. The predicted molar refractivity (Wildman–Crippen MR) is 79.7 cm³/mol. The molecule has 2 aromatic carbocycles. The fraction of sp³-hybridized carbons (Fsp3) is 0.235. The lowest BCUT2D eigenvalue weighted by Gasteiger charge is -2.06. The molecule has 3 aromatic rings. The SMILES string of the molecule is FC(F)(F)c1cccc(-c2nc3cc(OCC4CO4)ccc3o2)c1. The van der Waals surface area contributed by atoms with Crippen molar-refractivity contribution in [3.05, 3.63) is 48.0 Å². The van der Waals surface area contributed by atoms with E-state index in [2.05, 4.69) is 4.98 Å². The Morgan fingerprint density at radius 3 is 2.75 bits per heavy atom. The molecule has 0 bridgehead atoms. The van der Waals surface area contributed by atoms with E-state index in [1.54, 1.807) is 18.2 Å². The van der Waals surface area contributed by atoms with Gasteiger partial charge in [-0.05, 0) is 30.3 Å². The van der Waals surface area contributed by atoms with Gasteiger partial charge in [-0.3, -0.25) is 0 Å². The van der Waals surface area contributed by atoms with Crippen LogP contribution in [-0.4, -0.2) is 24.3 Å². The Labute approximate surface area is 134 Å². The van der Waals surface area contributed by atoms with Crippen LogP contribution < -0.4 is 4.74 Å². The van der Waals surface area contributed by atoms with Crippen LogP contribution in [0.5, 0.6) is 5.75 Å². The van der Waals surface area contributed by atoms with E-state index in [0.717, 1.165) is 12.1 Å². The van der Waals surface area contributed by atoms with Crippen molar-refractivity contribution in [2.45, 2.75) is 12.3 Å². The van der Waals surface area contributed by atoms with Crippen molar-refractivity contribution in [3.63, 3.8) is 0 Å². The Morgan fingerprint density at radius 2 is 2.00 bits per heavy atom. The number of hydrogen-bond donors (Lipinski definition) is 0. The summed E-state index contributed by atoms with van der Waals surface area (Å²) in [6, 6.07) is 10.00. The van der Waals surface area contributed by atoms with Crippen LogP contribution in [0.25, 0.3) is 22.6 Å². The third-order valence-corrected chi connectivity index (χ3v) is 3.63. The highest BCUT2D eigenvalue weighted by atomic mass is 19.4. The van der Waals surface area contributed by atoms with Gasteiger partial charge in [0.15, 0.2) is 5.58 Å². The molecule has 1 fully saturated rings. The molecule has 124 valence electrons. The smallest absolute Gasteiger partial charge is 0.416 e. The van der Waals surface area contributed by atoms with Gasteiger partial charge in [0.1, 0.15) is 24.0 Å². The summed E-state index contributed by atoms with van der Waals surface area (Å²) in [4.78, 5) is 4.26. The van der Waals surface area contributed by atoms with Crippen LogP contribution in [0.4, 0.5) is 13.2 Å². The van der Waals surface area contributed by atoms with Crippen LogP contribution in [-0.2, 0) is 10.9 Å². The number of fused-ring (bicyclic) bond motifs is 1. The zero-order valence-electron chi connectivity index (χ0n) is 12.3. The number of ether oxygens (including phenoxy) is 2. The maximum atomic E-state index is 12.8. The molecule has 4 rings (SSSR count). The van der Waals surface area contributed by atoms with Crippen molar-refractivity contribution < 1.29 is 27.1 Å². The average Bonchev–Trinajstić information content (AvgIpc) is 3.29. The van der Waals surface area contributed by atoms with E-state index in [9.17, 15) is 13.2 Å². The molecule has 1 unspecified atom stereocenters. The molecule has 2 heterocycles. The summed E-state index contributed by atoms with van der Waals surface area (Å²) < 4.78 is 54.6. The lowest BCUT2D eigenvalue weighted by atomic mass is 10.1. The third-order valence-electron chi connectivity index (χ3n) is 3.63. The maximum absolute atomic E-state index is 12.8. The molecule has 1 aliphatic heterocycles. The van der Waals surface area contributed by atoms with Gasteiger partial charge >= 0.3 is 6.18 Å². The fourth-order valence-corrected chi connectivity index (χ4v) is 2.30. The Hall–Kier alpha value is -2.54. The first-order valence-corrected chi connectivity index (χ1v) is 7.32. The topological polar surface area (TPSA) is 47.8 Å². The van der Waals surface area contributed by atoms with E-state index in [1.165, 1.54) is 12.1 Å². The minimum absolute atomic E-state index is 0.138. The standard InChI is InChI=1S/C17H12F3NO3/c18-17(19,20)11-3-1-2-10(6-11)16-21-14-7-12(4-5-15(14)24-16)22-8-13-9-23-13/h1-7,13H,8-9H2. The average molecular weight is 335 g/mol. The quantitative estimate of drug-likeness (QED) is 0.667. The van der Waals surface area contributed by atoms with Gasteiger partial charge in [0.05, 0.1) is 12.2 Å². The predicted octanol–water partition coefficient (Wildman–Crippen LogP) is 4.29. The van der Waals surface area contributed by atoms with Crippen molar-refractivity contribution in [2.24, 2.45) is 0 Å². The van der Waals surface area contributed by atoms with E-state index >= 15 is 0 Å². The van der Waals surface area contributed by atoms with Gasteiger partial charge in [-0.1, -0.05) is 6.07 Å². The van der Waals surface area contributed by atoms with Gasteiger partial charge in [0.25, 0.3) is 0 Å². The number of halogens is 3. The van der Waals surface area contributed by atoms with Gasteiger partial charge in [-0.25, -0.2) is 4.98 Å². The number of benzene rings is 2. The van der Waals surface area contributed by atoms with E-state index in [0.29, 0.717) is 30.1 Å². The molecule has 1 aliphatic rings. The number of aromatic nitrogens is 1. The second kappa shape index (κ2) is 5.52. The van der Waals surface area contributed by atoms with Crippen LogP contribution in [0.2, 0.25) is 0 Å². The molecule has 0 amide bonds. The van der Waals surface area contributed by atoms with E-state index < -0.39 is 11.7 Å². The van der Waals surface area contributed by atoms with Gasteiger partial charge < -0.3 is 13.9 Å². The van der Waals surface area contributed by atoms with Crippen LogP contribution in [0.15, 0.2) is 46.9 Å². The molecule has 7 heteroatoms. The molecule has 24 heavy (non-hydrogen) atoms. The molecular formula is C17H12F3NO3. The number of epoxide rings is 1. The van der Waals surface area contributed by atoms with Gasteiger partial charge in [-0.2, -0.15) is 13.2 Å². The summed E-state index contributed by atoms with van der Waals surface area (Å²) in [5.41, 5.74) is 0.541. The number of rotatable bonds is 4. The largest absolute Gasteiger partial charge is 0.491 e. The second-order valence-electron chi connectivity index (χ2n) is 5.49. The summed E-state index contributed by atoms with van der Waals surface area (Å²) >= 11 is 0. The van der Waals surface area contributed by atoms with Crippen LogP contribution in [0.3, 0.4) is 0 Å².